The van der Waals surface area contributed by atoms with Crippen molar-refractivity contribution in [3.63, 3.8) is 0 Å². The Balaban J connectivity index is 1.99. The van der Waals surface area contributed by atoms with Gasteiger partial charge in [0.25, 0.3) is 0 Å². The van der Waals surface area contributed by atoms with E-state index in [4.69, 9.17) is 5.73 Å². The summed E-state index contributed by atoms with van der Waals surface area (Å²) in [4.78, 5) is 19.0. The Hall–Kier alpha value is -2.44. The zero-order valence-electron chi connectivity index (χ0n) is 12.5. The molecule has 112 valence electrons. The molecule has 2 rings (SSSR count). The molecule has 0 amide bonds. The molecule has 0 aliphatic carbocycles. The molecule has 0 atom stereocenters. The van der Waals surface area contributed by atoms with E-state index in [1.54, 1.807) is 6.20 Å². The number of nitrogen functional groups attached to an aromatic ring is 1. The highest BCUT2D eigenvalue weighted by Crippen LogP contribution is 2.11. The van der Waals surface area contributed by atoms with E-state index in [1.165, 1.54) is 0 Å². The van der Waals surface area contributed by atoms with Gasteiger partial charge in [-0.3, -0.25) is 4.98 Å². The maximum atomic E-state index is 5.75. The van der Waals surface area contributed by atoms with Gasteiger partial charge in [-0.1, -0.05) is 6.07 Å². The topological polar surface area (TPSA) is 92.9 Å². The van der Waals surface area contributed by atoms with Crippen LogP contribution in [0, 0.1) is 0 Å². The molecule has 0 fully saturated rings. The highest BCUT2D eigenvalue weighted by molar-refractivity contribution is 5.41. The van der Waals surface area contributed by atoms with Gasteiger partial charge in [0.2, 0.25) is 17.8 Å². The van der Waals surface area contributed by atoms with E-state index < -0.39 is 0 Å². The van der Waals surface area contributed by atoms with E-state index in [2.05, 4.69) is 39.1 Å². The fourth-order valence-corrected chi connectivity index (χ4v) is 1.96. The predicted molar refractivity (Wildman–Crippen MR) is 84.2 cm³/mol. The molecule has 0 aromatic carbocycles. The maximum Gasteiger partial charge on any atom is 0.231 e. The second-order valence-corrected chi connectivity index (χ2v) is 4.49. The number of rotatable bonds is 7. The summed E-state index contributed by atoms with van der Waals surface area (Å²) in [6.07, 6.45) is 2.59. The number of anilines is 3. The maximum absolute atomic E-state index is 5.75. The van der Waals surface area contributed by atoms with Gasteiger partial charge >= 0.3 is 0 Å². The zero-order chi connectivity index (χ0) is 15.1. The Morgan fingerprint density at radius 1 is 1.14 bits per heavy atom. The summed E-state index contributed by atoms with van der Waals surface area (Å²) >= 11 is 0. The molecule has 0 unspecified atom stereocenters. The van der Waals surface area contributed by atoms with E-state index in [-0.39, 0.29) is 5.95 Å². The summed E-state index contributed by atoms with van der Waals surface area (Å²) in [6, 6.07) is 5.87. The molecule has 0 saturated heterocycles. The van der Waals surface area contributed by atoms with Crippen molar-refractivity contribution in [3.05, 3.63) is 30.1 Å². The first kappa shape index (κ1) is 15.0. The van der Waals surface area contributed by atoms with Crippen molar-refractivity contribution >= 4 is 17.8 Å². The van der Waals surface area contributed by atoms with E-state index in [0.717, 1.165) is 25.2 Å². The number of nitrogens with two attached hydrogens (primary N) is 1. The van der Waals surface area contributed by atoms with Crippen LogP contribution in [0.5, 0.6) is 0 Å². The molecule has 0 radical (unpaired) electrons. The lowest BCUT2D eigenvalue weighted by molar-refractivity contribution is 0.813. The molecule has 7 heteroatoms. The third-order valence-corrected chi connectivity index (χ3v) is 3.08. The number of nitrogens with zero attached hydrogens (tertiary/aromatic N) is 5. The SMILES string of the molecule is CCN(CC)c1nc(N)nc(NCCc2ccccn2)n1. The fraction of sp³-hybridized carbons (Fsp3) is 0.429. The van der Waals surface area contributed by atoms with Gasteiger partial charge in [0.05, 0.1) is 0 Å². The van der Waals surface area contributed by atoms with Gasteiger partial charge in [0, 0.05) is 37.9 Å². The van der Waals surface area contributed by atoms with Crippen molar-refractivity contribution in [1.29, 1.82) is 0 Å². The molecule has 2 heterocycles. The van der Waals surface area contributed by atoms with E-state index in [9.17, 15) is 0 Å². The molecule has 7 nitrogen and oxygen atoms in total. The first-order valence-corrected chi connectivity index (χ1v) is 7.13. The van der Waals surface area contributed by atoms with E-state index in [0.29, 0.717) is 18.4 Å². The highest BCUT2D eigenvalue weighted by atomic mass is 15.3. The summed E-state index contributed by atoms with van der Waals surface area (Å²) in [5, 5.41) is 3.17. The van der Waals surface area contributed by atoms with Crippen LogP contribution in [0.4, 0.5) is 17.8 Å². The summed E-state index contributed by atoms with van der Waals surface area (Å²) in [7, 11) is 0. The third-order valence-electron chi connectivity index (χ3n) is 3.08. The van der Waals surface area contributed by atoms with Crippen LogP contribution in [0.2, 0.25) is 0 Å². The number of nitrogens with one attached hydrogen (secondary N) is 1. The molecule has 0 saturated carbocycles. The van der Waals surface area contributed by atoms with Gasteiger partial charge < -0.3 is 16.0 Å². The van der Waals surface area contributed by atoms with Crippen LogP contribution < -0.4 is 16.0 Å². The Bertz CT molecular complexity index is 555. The van der Waals surface area contributed by atoms with Crippen LogP contribution in [0.25, 0.3) is 0 Å². The van der Waals surface area contributed by atoms with Gasteiger partial charge in [-0.25, -0.2) is 0 Å². The Morgan fingerprint density at radius 3 is 2.62 bits per heavy atom. The average Bonchev–Trinajstić information content (AvgIpc) is 2.49. The molecular formula is C14H21N7. The second kappa shape index (κ2) is 7.37. The Labute approximate surface area is 124 Å². The van der Waals surface area contributed by atoms with Gasteiger partial charge in [-0.15, -0.1) is 0 Å². The minimum Gasteiger partial charge on any atom is -0.368 e. The van der Waals surface area contributed by atoms with Crippen molar-refractivity contribution in [2.45, 2.75) is 20.3 Å². The van der Waals surface area contributed by atoms with Crippen LogP contribution in [0.1, 0.15) is 19.5 Å². The monoisotopic (exact) mass is 287 g/mol. The molecule has 0 spiro atoms. The van der Waals surface area contributed by atoms with Crippen LogP contribution in [0.3, 0.4) is 0 Å². The molecule has 0 aliphatic heterocycles. The van der Waals surface area contributed by atoms with Crippen molar-refractivity contribution in [1.82, 2.24) is 19.9 Å². The normalized spacial score (nSPS) is 10.4. The van der Waals surface area contributed by atoms with Crippen LogP contribution in [0.15, 0.2) is 24.4 Å². The van der Waals surface area contributed by atoms with E-state index >= 15 is 0 Å². The smallest absolute Gasteiger partial charge is 0.231 e. The molecule has 2 aromatic heterocycles. The molecule has 0 aliphatic rings. The van der Waals surface area contributed by atoms with Crippen LogP contribution in [-0.4, -0.2) is 39.6 Å². The zero-order valence-corrected chi connectivity index (χ0v) is 12.5. The standard InChI is InChI=1S/C14H21N7/c1-3-21(4-2)14-19-12(15)18-13(20-14)17-10-8-11-7-5-6-9-16-11/h5-7,9H,3-4,8,10H2,1-2H3,(H3,15,17,18,19,20). The molecule has 2 aromatic rings. The van der Waals surface area contributed by atoms with Gasteiger partial charge in [0.15, 0.2) is 0 Å². The van der Waals surface area contributed by atoms with Crippen molar-refractivity contribution < 1.29 is 0 Å². The predicted octanol–water partition coefficient (Wildman–Crippen LogP) is 1.35. The van der Waals surface area contributed by atoms with Crippen molar-refractivity contribution in [2.75, 3.05) is 35.6 Å². The quantitative estimate of drug-likeness (QED) is 0.794. The van der Waals surface area contributed by atoms with Crippen LogP contribution >= 0.6 is 0 Å². The van der Waals surface area contributed by atoms with E-state index in [1.807, 2.05) is 23.1 Å². The molecular weight excluding hydrogens is 266 g/mol. The largest absolute Gasteiger partial charge is 0.368 e. The third kappa shape index (κ3) is 4.27. The Morgan fingerprint density at radius 2 is 1.95 bits per heavy atom. The number of pyridine rings is 1. The lowest BCUT2D eigenvalue weighted by Crippen LogP contribution is -2.25. The lowest BCUT2D eigenvalue weighted by atomic mass is 10.3. The minimum atomic E-state index is 0.229. The van der Waals surface area contributed by atoms with Crippen molar-refractivity contribution in [2.24, 2.45) is 0 Å². The second-order valence-electron chi connectivity index (χ2n) is 4.49. The summed E-state index contributed by atoms with van der Waals surface area (Å²) in [5.74, 6) is 1.33. The number of aromatic nitrogens is 4. The van der Waals surface area contributed by atoms with Gasteiger partial charge in [-0.2, -0.15) is 15.0 Å². The minimum absolute atomic E-state index is 0.229. The summed E-state index contributed by atoms with van der Waals surface area (Å²) in [6.45, 7) is 6.45. The van der Waals surface area contributed by atoms with Gasteiger partial charge in [0.1, 0.15) is 0 Å². The molecule has 3 N–H and O–H groups in total. The molecule has 21 heavy (non-hydrogen) atoms. The number of hydrogen-bond acceptors (Lipinski definition) is 7. The highest BCUT2D eigenvalue weighted by Gasteiger charge is 2.09. The first-order chi connectivity index (χ1) is 10.2. The number of hydrogen-bond donors (Lipinski definition) is 2. The fourth-order valence-electron chi connectivity index (χ4n) is 1.96. The summed E-state index contributed by atoms with van der Waals surface area (Å²) < 4.78 is 0. The van der Waals surface area contributed by atoms with Crippen LogP contribution in [-0.2, 0) is 6.42 Å². The molecule has 0 bridgehead atoms. The van der Waals surface area contributed by atoms with Crippen molar-refractivity contribution in [3.8, 4) is 0 Å². The average molecular weight is 287 g/mol. The summed E-state index contributed by atoms with van der Waals surface area (Å²) in [5.41, 5.74) is 6.77. The first-order valence-electron chi connectivity index (χ1n) is 7.13. The lowest BCUT2D eigenvalue weighted by Gasteiger charge is -2.19. The van der Waals surface area contributed by atoms with Gasteiger partial charge in [-0.05, 0) is 26.0 Å². The Kier molecular flexibility index (Phi) is 5.25.